The minimum absolute atomic E-state index is 0.249. The zero-order valence-electron chi connectivity index (χ0n) is 11.1. The van der Waals surface area contributed by atoms with Crippen LogP contribution in [0.15, 0.2) is 36.5 Å². The molecule has 0 aliphatic heterocycles. The van der Waals surface area contributed by atoms with Gasteiger partial charge in [0.2, 0.25) is 0 Å². The topological polar surface area (TPSA) is 45.1 Å². The van der Waals surface area contributed by atoms with E-state index in [1.807, 2.05) is 19.1 Å². The van der Waals surface area contributed by atoms with E-state index in [0.717, 1.165) is 23.4 Å². The zero-order chi connectivity index (χ0) is 14.5. The highest BCUT2D eigenvalue weighted by atomic mass is 19.2. The molecule has 2 N–H and O–H groups in total. The number of pyridine rings is 1. The van der Waals surface area contributed by atoms with Gasteiger partial charge in [0.25, 0.3) is 0 Å². The summed E-state index contributed by atoms with van der Waals surface area (Å²) in [6.07, 6.45) is 0.871. The molecule has 2 rings (SSSR count). The summed E-state index contributed by atoms with van der Waals surface area (Å²) >= 11 is 0. The molecule has 0 saturated carbocycles. The summed E-state index contributed by atoms with van der Waals surface area (Å²) < 4.78 is 25.8. The number of aromatic nitrogens is 1. The third-order valence-corrected chi connectivity index (χ3v) is 2.97. The van der Waals surface area contributed by atoms with Gasteiger partial charge in [-0.3, -0.25) is 4.98 Å². The van der Waals surface area contributed by atoms with Crippen LogP contribution in [0.25, 0.3) is 0 Å². The molecule has 20 heavy (non-hydrogen) atoms. The van der Waals surface area contributed by atoms with Gasteiger partial charge in [0, 0.05) is 25.0 Å². The predicted octanol–water partition coefficient (Wildman–Crippen LogP) is 2.49. The molecule has 1 aromatic carbocycles. The Morgan fingerprint density at radius 1 is 1.20 bits per heavy atom. The van der Waals surface area contributed by atoms with Gasteiger partial charge in [0.1, 0.15) is 0 Å². The highest BCUT2D eigenvalue weighted by Crippen LogP contribution is 2.15. The van der Waals surface area contributed by atoms with E-state index in [9.17, 15) is 13.9 Å². The maximum Gasteiger partial charge on any atom is 0.159 e. The summed E-state index contributed by atoms with van der Waals surface area (Å²) in [6.45, 7) is 2.71. The molecule has 1 atom stereocenters. The average Bonchev–Trinajstić information content (AvgIpc) is 2.44. The zero-order valence-corrected chi connectivity index (χ0v) is 11.1. The Balaban J connectivity index is 1.87. The fourth-order valence-corrected chi connectivity index (χ4v) is 1.79. The number of halogens is 2. The molecule has 2 aromatic rings. The maximum absolute atomic E-state index is 13.0. The van der Waals surface area contributed by atoms with Crippen molar-refractivity contribution in [1.82, 2.24) is 10.3 Å². The van der Waals surface area contributed by atoms with Crippen LogP contribution in [0.3, 0.4) is 0 Å². The average molecular weight is 278 g/mol. The van der Waals surface area contributed by atoms with Crippen LogP contribution in [0.4, 0.5) is 8.78 Å². The first-order chi connectivity index (χ1) is 9.56. The van der Waals surface area contributed by atoms with Crippen molar-refractivity contribution in [2.75, 3.05) is 6.54 Å². The lowest BCUT2D eigenvalue weighted by Crippen LogP contribution is -2.21. The second kappa shape index (κ2) is 6.54. The number of rotatable bonds is 5. The van der Waals surface area contributed by atoms with E-state index in [-0.39, 0.29) is 6.54 Å². The molecule has 5 heteroatoms. The SMILES string of the molecule is Cc1ccc(CNCC(O)c2ccc(F)c(F)c2)cn1. The Morgan fingerprint density at radius 2 is 2.00 bits per heavy atom. The van der Waals surface area contributed by atoms with E-state index in [1.165, 1.54) is 6.07 Å². The van der Waals surface area contributed by atoms with Gasteiger partial charge in [-0.25, -0.2) is 8.78 Å². The van der Waals surface area contributed by atoms with E-state index in [0.29, 0.717) is 12.1 Å². The normalized spacial score (nSPS) is 12.4. The molecule has 0 aliphatic rings. The van der Waals surface area contributed by atoms with Crippen molar-refractivity contribution < 1.29 is 13.9 Å². The number of nitrogens with one attached hydrogen (secondary N) is 1. The van der Waals surface area contributed by atoms with Gasteiger partial charge < -0.3 is 10.4 Å². The van der Waals surface area contributed by atoms with Crippen LogP contribution in [0.2, 0.25) is 0 Å². The van der Waals surface area contributed by atoms with Gasteiger partial charge in [-0.1, -0.05) is 12.1 Å². The van der Waals surface area contributed by atoms with Crippen molar-refractivity contribution in [2.45, 2.75) is 19.6 Å². The van der Waals surface area contributed by atoms with E-state index in [4.69, 9.17) is 0 Å². The Morgan fingerprint density at radius 3 is 2.65 bits per heavy atom. The monoisotopic (exact) mass is 278 g/mol. The first-order valence-electron chi connectivity index (χ1n) is 6.31. The van der Waals surface area contributed by atoms with Gasteiger partial charge >= 0.3 is 0 Å². The molecule has 3 nitrogen and oxygen atoms in total. The molecule has 0 spiro atoms. The number of nitrogens with zero attached hydrogens (tertiary/aromatic N) is 1. The third kappa shape index (κ3) is 3.82. The Labute approximate surface area is 116 Å². The molecule has 106 valence electrons. The maximum atomic E-state index is 13.0. The number of aliphatic hydroxyl groups is 1. The van der Waals surface area contributed by atoms with E-state index >= 15 is 0 Å². The molecular weight excluding hydrogens is 262 g/mol. The van der Waals surface area contributed by atoms with Crippen molar-refractivity contribution in [2.24, 2.45) is 0 Å². The van der Waals surface area contributed by atoms with Crippen LogP contribution in [0.1, 0.15) is 22.9 Å². The van der Waals surface area contributed by atoms with E-state index in [1.54, 1.807) is 6.20 Å². The highest BCUT2D eigenvalue weighted by molar-refractivity contribution is 5.20. The first kappa shape index (κ1) is 14.6. The fraction of sp³-hybridized carbons (Fsp3) is 0.267. The molecule has 1 heterocycles. The lowest BCUT2D eigenvalue weighted by molar-refractivity contribution is 0.173. The molecule has 0 aliphatic carbocycles. The molecule has 1 unspecified atom stereocenters. The van der Waals surface area contributed by atoms with Crippen LogP contribution in [-0.4, -0.2) is 16.6 Å². The molecule has 0 amide bonds. The minimum atomic E-state index is -0.954. The number of aryl methyl sites for hydroxylation is 1. The van der Waals surface area contributed by atoms with Crippen LogP contribution in [0, 0.1) is 18.6 Å². The van der Waals surface area contributed by atoms with Gasteiger partial charge in [-0.05, 0) is 36.2 Å². The van der Waals surface area contributed by atoms with Gasteiger partial charge in [-0.2, -0.15) is 0 Å². The van der Waals surface area contributed by atoms with E-state index in [2.05, 4.69) is 10.3 Å². The number of aliphatic hydroxyl groups excluding tert-OH is 1. The van der Waals surface area contributed by atoms with Crippen molar-refractivity contribution in [1.29, 1.82) is 0 Å². The molecule has 0 saturated heterocycles. The van der Waals surface area contributed by atoms with Crippen molar-refractivity contribution >= 4 is 0 Å². The first-order valence-corrected chi connectivity index (χ1v) is 6.31. The second-order valence-electron chi connectivity index (χ2n) is 4.63. The van der Waals surface area contributed by atoms with Crippen LogP contribution < -0.4 is 5.32 Å². The molecule has 0 bridgehead atoms. The standard InChI is InChI=1S/C15H16F2N2O/c1-10-2-3-11(8-19-10)7-18-9-15(20)12-4-5-13(16)14(17)6-12/h2-6,8,15,18,20H,7,9H2,1H3. The summed E-state index contributed by atoms with van der Waals surface area (Å²) in [4.78, 5) is 4.16. The lowest BCUT2D eigenvalue weighted by atomic mass is 10.1. The Bertz CT molecular complexity index is 573. The quantitative estimate of drug-likeness (QED) is 0.883. The molecule has 0 fully saturated rings. The minimum Gasteiger partial charge on any atom is -0.387 e. The number of benzene rings is 1. The smallest absolute Gasteiger partial charge is 0.159 e. The summed E-state index contributed by atoms with van der Waals surface area (Å²) in [5.74, 6) is -1.87. The summed E-state index contributed by atoms with van der Waals surface area (Å²) in [5, 5.41) is 12.9. The largest absolute Gasteiger partial charge is 0.387 e. The lowest BCUT2D eigenvalue weighted by Gasteiger charge is -2.12. The van der Waals surface area contributed by atoms with Gasteiger partial charge in [0.15, 0.2) is 11.6 Å². The third-order valence-electron chi connectivity index (χ3n) is 2.97. The molecule has 0 radical (unpaired) electrons. The number of hydrogen-bond donors (Lipinski definition) is 2. The molecule has 1 aromatic heterocycles. The van der Waals surface area contributed by atoms with Crippen molar-refractivity contribution in [3.05, 3.63) is 65.0 Å². The summed E-state index contributed by atoms with van der Waals surface area (Å²) in [5.41, 5.74) is 2.28. The Kier molecular flexibility index (Phi) is 4.76. The summed E-state index contributed by atoms with van der Waals surface area (Å²) in [7, 11) is 0. The highest BCUT2D eigenvalue weighted by Gasteiger charge is 2.10. The van der Waals surface area contributed by atoms with Crippen molar-refractivity contribution in [3.8, 4) is 0 Å². The van der Waals surface area contributed by atoms with Gasteiger partial charge in [0.05, 0.1) is 6.10 Å². The molecular formula is C15H16F2N2O. The van der Waals surface area contributed by atoms with Crippen LogP contribution in [-0.2, 0) is 6.54 Å². The Hall–Kier alpha value is -1.85. The van der Waals surface area contributed by atoms with Gasteiger partial charge in [-0.15, -0.1) is 0 Å². The van der Waals surface area contributed by atoms with Crippen LogP contribution >= 0.6 is 0 Å². The van der Waals surface area contributed by atoms with Crippen LogP contribution in [0.5, 0.6) is 0 Å². The number of hydrogen-bond acceptors (Lipinski definition) is 3. The predicted molar refractivity (Wildman–Crippen MR) is 72.0 cm³/mol. The summed E-state index contributed by atoms with van der Waals surface area (Å²) in [6, 6.07) is 7.24. The second-order valence-corrected chi connectivity index (χ2v) is 4.63. The van der Waals surface area contributed by atoms with E-state index < -0.39 is 17.7 Å². The van der Waals surface area contributed by atoms with Crippen molar-refractivity contribution in [3.63, 3.8) is 0 Å². The fourth-order valence-electron chi connectivity index (χ4n) is 1.79.